The molecule has 7 heteroatoms. The molecule has 0 fully saturated rings. The molecule has 1 aromatic heterocycles. The highest BCUT2D eigenvalue weighted by Crippen LogP contribution is 2.20. The Labute approximate surface area is 111 Å². The molecule has 2 rings (SSSR count). The minimum Gasteiger partial charge on any atom is -0.316 e. The number of carbonyl (C=O) groups is 1. The number of anilines is 1. The van der Waals surface area contributed by atoms with Crippen LogP contribution in [0.2, 0.25) is 0 Å². The van der Waals surface area contributed by atoms with E-state index in [0.29, 0.717) is 12.1 Å². The first-order valence-electron chi connectivity index (χ1n) is 5.33. The minimum atomic E-state index is -1.23. The fourth-order valence-electron chi connectivity index (χ4n) is 1.43. The Morgan fingerprint density at radius 3 is 2.35 bits per heavy atom. The maximum atomic E-state index is 13.3. The monoisotopic (exact) mass is 277 g/mol. The second kappa shape index (κ2) is 5.40. The van der Waals surface area contributed by atoms with Gasteiger partial charge in [-0.3, -0.25) is 4.79 Å². The molecule has 0 aliphatic carbocycles. The predicted octanol–water partition coefficient (Wildman–Crippen LogP) is 2.62. The molecule has 0 radical (unpaired) electrons. The van der Waals surface area contributed by atoms with Crippen molar-refractivity contribution in [2.24, 2.45) is 0 Å². The van der Waals surface area contributed by atoms with Crippen molar-refractivity contribution in [1.82, 2.24) is 4.98 Å². The van der Waals surface area contributed by atoms with Gasteiger partial charge in [-0.2, -0.15) is 5.26 Å². The summed E-state index contributed by atoms with van der Waals surface area (Å²) in [4.78, 5) is 15.4. The number of amides is 1. The van der Waals surface area contributed by atoms with Crippen LogP contribution < -0.4 is 5.32 Å². The van der Waals surface area contributed by atoms with Crippen LogP contribution in [0.5, 0.6) is 0 Å². The average Bonchev–Trinajstić information content (AvgIpc) is 2.42. The lowest BCUT2D eigenvalue weighted by molar-refractivity contribution is 0.102. The molecule has 1 amide bonds. The van der Waals surface area contributed by atoms with Crippen LogP contribution in [0.25, 0.3) is 0 Å². The number of pyridine rings is 1. The fraction of sp³-hybridized carbons (Fsp3) is 0. The molecule has 2 aromatic rings. The smallest absolute Gasteiger partial charge is 0.274 e. The molecule has 20 heavy (non-hydrogen) atoms. The van der Waals surface area contributed by atoms with E-state index in [9.17, 15) is 18.0 Å². The lowest BCUT2D eigenvalue weighted by Gasteiger charge is -2.07. The lowest BCUT2D eigenvalue weighted by Crippen LogP contribution is -2.16. The Bertz CT molecular complexity index is 685. The summed E-state index contributed by atoms with van der Waals surface area (Å²) in [6.45, 7) is 0. The van der Waals surface area contributed by atoms with Crippen molar-refractivity contribution in [3.05, 3.63) is 59.2 Å². The Hall–Kier alpha value is -2.88. The predicted molar refractivity (Wildman–Crippen MR) is 63.2 cm³/mol. The molecule has 1 N–H and O–H groups in total. The number of carbonyl (C=O) groups excluding carboxylic acids is 1. The van der Waals surface area contributed by atoms with Crippen molar-refractivity contribution in [2.45, 2.75) is 0 Å². The highest BCUT2D eigenvalue weighted by atomic mass is 19.1. The van der Waals surface area contributed by atoms with Gasteiger partial charge in [-0.25, -0.2) is 18.2 Å². The third-order valence-corrected chi connectivity index (χ3v) is 2.37. The van der Waals surface area contributed by atoms with Crippen molar-refractivity contribution in [2.75, 3.05) is 5.32 Å². The minimum absolute atomic E-state index is 0.132. The molecule has 0 spiro atoms. The Balaban J connectivity index is 2.26. The van der Waals surface area contributed by atoms with Crippen LogP contribution in [-0.2, 0) is 0 Å². The summed E-state index contributed by atoms with van der Waals surface area (Å²) in [6.07, 6.45) is 1.15. The van der Waals surface area contributed by atoms with Gasteiger partial charge in [0.25, 0.3) is 5.91 Å². The van der Waals surface area contributed by atoms with E-state index in [0.717, 1.165) is 6.20 Å². The molecule has 0 unspecified atom stereocenters. The van der Waals surface area contributed by atoms with Crippen LogP contribution in [0.1, 0.15) is 16.1 Å². The SMILES string of the molecule is N#Cc1ccc(C(=O)Nc2c(F)cc(F)cc2F)nc1. The van der Waals surface area contributed by atoms with Gasteiger partial charge in [0.05, 0.1) is 5.56 Å². The summed E-state index contributed by atoms with van der Waals surface area (Å²) in [5.41, 5.74) is -0.657. The average molecular weight is 277 g/mol. The Morgan fingerprint density at radius 1 is 1.20 bits per heavy atom. The zero-order valence-electron chi connectivity index (χ0n) is 9.82. The van der Waals surface area contributed by atoms with E-state index in [-0.39, 0.29) is 11.3 Å². The van der Waals surface area contributed by atoms with E-state index < -0.39 is 29.0 Å². The second-order valence-electron chi connectivity index (χ2n) is 3.74. The van der Waals surface area contributed by atoms with Gasteiger partial charge in [0.15, 0.2) is 11.6 Å². The number of hydrogen-bond donors (Lipinski definition) is 1. The largest absolute Gasteiger partial charge is 0.316 e. The van der Waals surface area contributed by atoms with E-state index >= 15 is 0 Å². The van der Waals surface area contributed by atoms with Crippen LogP contribution in [0.4, 0.5) is 18.9 Å². The number of halogens is 3. The molecule has 4 nitrogen and oxygen atoms in total. The van der Waals surface area contributed by atoms with E-state index in [1.54, 1.807) is 0 Å². The quantitative estimate of drug-likeness (QED) is 0.917. The van der Waals surface area contributed by atoms with Crippen LogP contribution in [0.15, 0.2) is 30.5 Å². The van der Waals surface area contributed by atoms with E-state index in [4.69, 9.17) is 5.26 Å². The summed E-state index contributed by atoms with van der Waals surface area (Å²) in [7, 11) is 0. The molecular formula is C13H6F3N3O. The van der Waals surface area contributed by atoms with Gasteiger partial charge in [-0.15, -0.1) is 0 Å². The molecule has 0 aliphatic rings. The highest BCUT2D eigenvalue weighted by Gasteiger charge is 2.16. The first kappa shape index (κ1) is 13.5. The topological polar surface area (TPSA) is 65.8 Å². The van der Waals surface area contributed by atoms with Crippen molar-refractivity contribution in [3.63, 3.8) is 0 Å². The van der Waals surface area contributed by atoms with Gasteiger partial charge in [-0.05, 0) is 12.1 Å². The number of rotatable bonds is 2. The van der Waals surface area contributed by atoms with E-state index in [1.807, 2.05) is 11.4 Å². The van der Waals surface area contributed by atoms with Crippen molar-refractivity contribution < 1.29 is 18.0 Å². The van der Waals surface area contributed by atoms with E-state index in [1.165, 1.54) is 12.1 Å². The van der Waals surface area contributed by atoms with Crippen LogP contribution in [0.3, 0.4) is 0 Å². The molecule has 1 heterocycles. The first-order valence-corrected chi connectivity index (χ1v) is 5.33. The summed E-state index contributed by atoms with van der Waals surface area (Å²) < 4.78 is 39.4. The molecule has 0 bridgehead atoms. The number of aromatic nitrogens is 1. The summed E-state index contributed by atoms with van der Waals surface area (Å²) in [6, 6.07) is 5.27. The van der Waals surface area contributed by atoms with Gasteiger partial charge < -0.3 is 5.32 Å². The summed E-state index contributed by atoms with van der Waals surface area (Å²) in [5, 5.41) is 10.5. The molecule has 0 aliphatic heterocycles. The number of benzene rings is 1. The summed E-state index contributed by atoms with van der Waals surface area (Å²) in [5.74, 6) is -4.43. The maximum absolute atomic E-state index is 13.3. The van der Waals surface area contributed by atoms with E-state index in [2.05, 4.69) is 4.98 Å². The zero-order chi connectivity index (χ0) is 14.7. The lowest BCUT2D eigenvalue weighted by atomic mass is 10.2. The number of nitrogens with zero attached hydrogens (tertiary/aromatic N) is 2. The van der Waals surface area contributed by atoms with Crippen LogP contribution in [0, 0.1) is 28.8 Å². The van der Waals surface area contributed by atoms with Crippen LogP contribution in [-0.4, -0.2) is 10.9 Å². The Kier molecular flexibility index (Phi) is 3.66. The van der Waals surface area contributed by atoms with Gasteiger partial charge in [0.2, 0.25) is 0 Å². The van der Waals surface area contributed by atoms with Gasteiger partial charge in [0.1, 0.15) is 23.3 Å². The van der Waals surface area contributed by atoms with Crippen LogP contribution >= 0.6 is 0 Å². The number of nitriles is 1. The second-order valence-corrected chi connectivity index (χ2v) is 3.74. The molecule has 0 atom stereocenters. The highest BCUT2D eigenvalue weighted by molar-refractivity contribution is 6.03. The fourth-order valence-corrected chi connectivity index (χ4v) is 1.43. The summed E-state index contributed by atoms with van der Waals surface area (Å²) >= 11 is 0. The maximum Gasteiger partial charge on any atom is 0.274 e. The normalized spacial score (nSPS) is 9.90. The standard InChI is InChI=1S/C13H6F3N3O/c14-8-3-9(15)12(10(16)4-8)19-13(20)11-2-1-7(5-17)6-18-11/h1-4,6H,(H,19,20). The number of hydrogen-bond acceptors (Lipinski definition) is 3. The third kappa shape index (κ3) is 2.75. The molecule has 0 saturated heterocycles. The van der Waals surface area contributed by atoms with Crippen molar-refractivity contribution in [1.29, 1.82) is 5.26 Å². The first-order chi connectivity index (χ1) is 9.51. The van der Waals surface area contributed by atoms with Gasteiger partial charge in [-0.1, -0.05) is 0 Å². The number of nitrogens with one attached hydrogen (secondary N) is 1. The zero-order valence-corrected chi connectivity index (χ0v) is 9.82. The molecular weight excluding hydrogens is 271 g/mol. The molecule has 100 valence electrons. The third-order valence-electron chi connectivity index (χ3n) is 2.37. The van der Waals surface area contributed by atoms with Gasteiger partial charge >= 0.3 is 0 Å². The molecule has 1 aromatic carbocycles. The Morgan fingerprint density at radius 2 is 1.85 bits per heavy atom. The van der Waals surface area contributed by atoms with Gasteiger partial charge in [0, 0.05) is 18.3 Å². The molecule has 0 saturated carbocycles. The van der Waals surface area contributed by atoms with Crippen molar-refractivity contribution in [3.8, 4) is 6.07 Å². The van der Waals surface area contributed by atoms with Crippen molar-refractivity contribution >= 4 is 11.6 Å².